The monoisotopic (exact) mass is 229 g/mol. The standard InChI is InChI=1S/C10H9Cl2NO/c1-13-9(14)6-5-7-3-2-4-8(11)10(7)12/h2-6H,1H3,(H,13,14). The molecule has 0 spiro atoms. The van der Waals surface area contributed by atoms with Gasteiger partial charge in [-0.05, 0) is 17.7 Å². The molecule has 1 N–H and O–H groups in total. The number of benzene rings is 1. The summed E-state index contributed by atoms with van der Waals surface area (Å²) < 4.78 is 0. The highest BCUT2D eigenvalue weighted by atomic mass is 35.5. The molecule has 14 heavy (non-hydrogen) atoms. The lowest BCUT2D eigenvalue weighted by molar-refractivity contribution is -0.115. The van der Waals surface area contributed by atoms with Crippen molar-refractivity contribution in [1.29, 1.82) is 0 Å². The predicted molar refractivity (Wildman–Crippen MR) is 59.6 cm³/mol. The summed E-state index contributed by atoms with van der Waals surface area (Å²) in [4.78, 5) is 10.9. The third kappa shape index (κ3) is 2.76. The molecular formula is C10H9Cl2NO. The Kier molecular flexibility index (Phi) is 3.98. The van der Waals surface area contributed by atoms with E-state index in [2.05, 4.69) is 5.32 Å². The van der Waals surface area contributed by atoms with Gasteiger partial charge in [0.05, 0.1) is 10.0 Å². The number of hydrogen-bond acceptors (Lipinski definition) is 1. The van der Waals surface area contributed by atoms with Crippen molar-refractivity contribution in [2.75, 3.05) is 7.05 Å². The Morgan fingerprint density at radius 3 is 2.79 bits per heavy atom. The first kappa shape index (κ1) is 11.1. The van der Waals surface area contributed by atoms with Crippen LogP contribution < -0.4 is 5.32 Å². The lowest BCUT2D eigenvalue weighted by atomic mass is 10.2. The van der Waals surface area contributed by atoms with Crippen molar-refractivity contribution < 1.29 is 4.79 Å². The molecule has 1 aromatic carbocycles. The molecule has 1 rings (SSSR count). The summed E-state index contributed by atoms with van der Waals surface area (Å²) in [5.41, 5.74) is 0.725. The number of halogens is 2. The molecule has 1 aromatic rings. The smallest absolute Gasteiger partial charge is 0.243 e. The van der Waals surface area contributed by atoms with E-state index in [4.69, 9.17) is 23.2 Å². The fraction of sp³-hybridized carbons (Fsp3) is 0.100. The van der Waals surface area contributed by atoms with E-state index in [9.17, 15) is 4.79 Å². The first-order chi connectivity index (χ1) is 6.65. The van der Waals surface area contributed by atoms with E-state index in [1.54, 1.807) is 31.3 Å². The average molecular weight is 230 g/mol. The van der Waals surface area contributed by atoms with E-state index in [0.29, 0.717) is 10.0 Å². The van der Waals surface area contributed by atoms with E-state index < -0.39 is 0 Å². The van der Waals surface area contributed by atoms with E-state index >= 15 is 0 Å². The Labute approximate surface area is 92.5 Å². The van der Waals surface area contributed by atoms with Gasteiger partial charge < -0.3 is 5.32 Å². The summed E-state index contributed by atoms with van der Waals surface area (Å²) in [6, 6.07) is 5.26. The number of carbonyl (C=O) groups is 1. The average Bonchev–Trinajstić information content (AvgIpc) is 2.20. The molecule has 0 saturated heterocycles. The van der Waals surface area contributed by atoms with Gasteiger partial charge in [-0.1, -0.05) is 35.3 Å². The summed E-state index contributed by atoms with van der Waals surface area (Å²) in [6.07, 6.45) is 3.02. The molecule has 4 heteroatoms. The van der Waals surface area contributed by atoms with Crippen LogP contribution in [0.15, 0.2) is 24.3 Å². The highest BCUT2D eigenvalue weighted by molar-refractivity contribution is 6.42. The van der Waals surface area contributed by atoms with Gasteiger partial charge in [0.1, 0.15) is 0 Å². The number of likely N-dealkylation sites (N-methyl/N-ethyl adjacent to an activating group) is 1. The predicted octanol–water partition coefficient (Wildman–Crippen LogP) is 2.75. The zero-order valence-corrected chi connectivity index (χ0v) is 9.06. The minimum Gasteiger partial charge on any atom is -0.356 e. The summed E-state index contributed by atoms with van der Waals surface area (Å²) in [5.74, 6) is -0.180. The van der Waals surface area contributed by atoms with Crippen LogP contribution in [0.2, 0.25) is 10.0 Å². The maximum absolute atomic E-state index is 10.9. The van der Waals surface area contributed by atoms with Crippen LogP contribution in [0.1, 0.15) is 5.56 Å². The van der Waals surface area contributed by atoms with Gasteiger partial charge in [0.2, 0.25) is 5.91 Å². The van der Waals surface area contributed by atoms with Gasteiger partial charge in [-0.15, -0.1) is 0 Å². The van der Waals surface area contributed by atoms with Crippen LogP contribution in [-0.2, 0) is 4.79 Å². The zero-order valence-electron chi connectivity index (χ0n) is 7.55. The summed E-state index contributed by atoms with van der Waals surface area (Å²) in [7, 11) is 1.56. The quantitative estimate of drug-likeness (QED) is 0.777. The molecule has 0 atom stereocenters. The van der Waals surface area contributed by atoms with Crippen LogP contribution in [0.3, 0.4) is 0 Å². The molecule has 0 aromatic heterocycles. The van der Waals surface area contributed by atoms with E-state index in [1.807, 2.05) is 0 Å². The van der Waals surface area contributed by atoms with Gasteiger partial charge in [-0.3, -0.25) is 4.79 Å². The van der Waals surface area contributed by atoms with Crippen LogP contribution in [0.25, 0.3) is 6.08 Å². The number of carbonyl (C=O) groups excluding carboxylic acids is 1. The topological polar surface area (TPSA) is 29.1 Å². The maximum atomic E-state index is 10.9. The van der Waals surface area contributed by atoms with Crippen molar-refractivity contribution in [2.45, 2.75) is 0 Å². The van der Waals surface area contributed by atoms with Crippen LogP contribution >= 0.6 is 23.2 Å². The molecule has 0 unspecified atom stereocenters. The van der Waals surface area contributed by atoms with E-state index in [0.717, 1.165) is 5.56 Å². The number of hydrogen-bond donors (Lipinski definition) is 1. The minimum absolute atomic E-state index is 0.180. The molecule has 0 aliphatic carbocycles. The molecule has 0 aliphatic heterocycles. The van der Waals surface area contributed by atoms with Gasteiger partial charge in [0, 0.05) is 13.1 Å². The van der Waals surface area contributed by atoms with Crippen LogP contribution in [-0.4, -0.2) is 13.0 Å². The molecule has 2 nitrogen and oxygen atoms in total. The van der Waals surface area contributed by atoms with Gasteiger partial charge in [-0.2, -0.15) is 0 Å². The van der Waals surface area contributed by atoms with Crippen molar-refractivity contribution in [2.24, 2.45) is 0 Å². The highest BCUT2D eigenvalue weighted by Gasteiger charge is 2.00. The van der Waals surface area contributed by atoms with Crippen molar-refractivity contribution >= 4 is 35.2 Å². The Morgan fingerprint density at radius 1 is 1.43 bits per heavy atom. The van der Waals surface area contributed by atoms with Crippen LogP contribution in [0, 0.1) is 0 Å². The second kappa shape index (κ2) is 5.03. The third-order valence-corrected chi connectivity index (χ3v) is 2.48. The lowest BCUT2D eigenvalue weighted by Gasteiger charge is -1.99. The first-order valence-electron chi connectivity index (χ1n) is 3.99. The largest absolute Gasteiger partial charge is 0.356 e. The first-order valence-corrected chi connectivity index (χ1v) is 4.74. The second-order valence-corrected chi connectivity index (χ2v) is 3.38. The lowest BCUT2D eigenvalue weighted by Crippen LogP contribution is -2.13. The Balaban J connectivity index is 2.92. The Morgan fingerprint density at radius 2 is 2.14 bits per heavy atom. The van der Waals surface area contributed by atoms with Crippen LogP contribution in [0.4, 0.5) is 0 Å². The van der Waals surface area contributed by atoms with Crippen molar-refractivity contribution in [3.8, 4) is 0 Å². The van der Waals surface area contributed by atoms with Crippen molar-refractivity contribution in [1.82, 2.24) is 5.32 Å². The highest BCUT2D eigenvalue weighted by Crippen LogP contribution is 2.26. The SMILES string of the molecule is CNC(=O)C=Cc1cccc(Cl)c1Cl. The summed E-state index contributed by atoms with van der Waals surface area (Å²) in [6.45, 7) is 0. The fourth-order valence-electron chi connectivity index (χ4n) is 0.898. The molecule has 0 aliphatic rings. The molecule has 0 heterocycles. The van der Waals surface area contributed by atoms with Crippen LogP contribution in [0.5, 0.6) is 0 Å². The van der Waals surface area contributed by atoms with Gasteiger partial charge in [-0.25, -0.2) is 0 Å². The van der Waals surface area contributed by atoms with Crippen molar-refractivity contribution in [3.63, 3.8) is 0 Å². The summed E-state index contributed by atoms with van der Waals surface area (Å²) in [5, 5.41) is 3.40. The number of amides is 1. The normalized spacial score (nSPS) is 10.5. The fourth-order valence-corrected chi connectivity index (χ4v) is 1.27. The molecule has 0 bridgehead atoms. The molecule has 74 valence electrons. The third-order valence-electron chi connectivity index (χ3n) is 1.64. The molecule has 1 amide bonds. The molecule has 0 fully saturated rings. The van der Waals surface area contributed by atoms with E-state index in [1.165, 1.54) is 6.08 Å². The van der Waals surface area contributed by atoms with Gasteiger partial charge >= 0.3 is 0 Å². The van der Waals surface area contributed by atoms with Gasteiger partial charge in [0.25, 0.3) is 0 Å². The Hall–Kier alpha value is -0.990. The molecular weight excluding hydrogens is 221 g/mol. The number of rotatable bonds is 2. The minimum atomic E-state index is -0.180. The second-order valence-electron chi connectivity index (χ2n) is 2.59. The summed E-state index contributed by atoms with van der Waals surface area (Å²) >= 11 is 11.7. The van der Waals surface area contributed by atoms with E-state index in [-0.39, 0.29) is 5.91 Å². The zero-order chi connectivity index (χ0) is 10.6. The Bertz CT molecular complexity index is 374. The maximum Gasteiger partial charge on any atom is 0.243 e. The molecule has 0 saturated carbocycles. The number of nitrogens with one attached hydrogen (secondary N) is 1. The van der Waals surface area contributed by atoms with Crippen molar-refractivity contribution in [3.05, 3.63) is 39.9 Å². The molecule has 0 radical (unpaired) electrons. The van der Waals surface area contributed by atoms with Gasteiger partial charge in [0.15, 0.2) is 0 Å².